The fourth-order valence-electron chi connectivity index (χ4n) is 1.91. The van der Waals surface area contributed by atoms with Crippen molar-refractivity contribution >= 4 is 28.5 Å². The molecule has 1 heterocycles. The molecule has 86 valence electrons. The number of hydrogen-bond acceptors (Lipinski definition) is 2. The van der Waals surface area contributed by atoms with Gasteiger partial charge >= 0.3 is 0 Å². The van der Waals surface area contributed by atoms with E-state index in [2.05, 4.69) is 22.6 Å². The molecule has 1 aromatic rings. The minimum atomic E-state index is -0.360. The number of piperidine rings is 1. The van der Waals surface area contributed by atoms with Gasteiger partial charge in [0.15, 0.2) is 0 Å². The molecule has 0 radical (unpaired) electrons. The van der Waals surface area contributed by atoms with Crippen molar-refractivity contribution in [1.29, 1.82) is 0 Å². The van der Waals surface area contributed by atoms with E-state index in [4.69, 9.17) is 0 Å². The van der Waals surface area contributed by atoms with Gasteiger partial charge in [-0.05, 0) is 59.7 Å². The molecule has 1 N–H and O–H groups in total. The summed E-state index contributed by atoms with van der Waals surface area (Å²) >= 11 is 2.21. The van der Waals surface area contributed by atoms with Crippen LogP contribution in [-0.4, -0.2) is 35.1 Å². The average Bonchev–Trinajstić information content (AvgIpc) is 2.29. The van der Waals surface area contributed by atoms with Crippen LogP contribution in [0, 0.1) is 3.57 Å². The maximum absolute atomic E-state index is 12.1. The number of hydrogen-bond donors (Lipinski definition) is 1. The molecular formula is C12H14INO2. The Hall–Kier alpha value is -0.620. The number of benzene rings is 1. The maximum atomic E-state index is 12.1. The Labute approximate surface area is 109 Å². The van der Waals surface area contributed by atoms with Crippen molar-refractivity contribution < 1.29 is 9.90 Å². The molecule has 0 bridgehead atoms. The number of aliphatic hydroxyl groups is 1. The predicted octanol–water partition coefficient (Wildman–Crippen LogP) is 1.89. The van der Waals surface area contributed by atoms with Gasteiger partial charge in [-0.2, -0.15) is 0 Å². The molecule has 4 heteroatoms. The minimum Gasteiger partial charge on any atom is -0.391 e. The Morgan fingerprint density at radius 3 is 2.69 bits per heavy atom. The van der Waals surface area contributed by atoms with E-state index in [1.54, 1.807) is 4.90 Å². The van der Waals surface area contributed by atoms with E-state index in [0.717, 1.165) is 23.0 Å². The average molecular weight is 331 g/mol. The van der Waals surface area contributed by atoms with Crippen LogP contribution in [0.25, 0.3) is 0 Å². The molecule has 0 aliphatic carbocycles. The lowest BCUT2D eigenvalue weighted by molar-refractivity contribution is 0.0474. The van der Waals surface area contributed by atoms with Gasteiger partial charge in [0.1, 0.15) is 0 Å². The zero-order valence-electron chi connectivity index (χ0n) is 8.90. The zero-order valence-corrected chi connectivity index (χ0v) is 11.1. The van der Waals surface area contributed by atoms with Crippen molar-refractivity contribution in [3.8, 4) is 0 Å². The lowest BCUT2D eigenvalue weighted by Gasteiger charge is -2.30. The second kappa shape index (κ2) is 5.14. The highest BCUT2D eigenvalue weighted by molar-refractivity contribution is 14.1. The molecule has 16 heavy (non-hydrogen) atoms. The van der Waals surface area contributed by atoms with E-state index in [9.17, 15) is 9.90 Å². The normalized spacial score (nSPS) is 20.9. The van der Waals surface area contributed by atoms with E-state index in [1.165, 1.54) is 0 Å². The van der Waals surface area contributed by atoms with Gasteiger partial charge in [-0.25, -0.2) is 0 Å². The molecule has 2 rings (SSSR count). The number of carbonyl (C=O) groups is 1. The molecule has 0 spiro atoms. The Balaban J connectivity index is 2.09. The van der Waals surface area contributed by atoms with Crippen LogP contribution in [-0.2, 0) is 0 Å². The van der Waals surface area contributed by atoms with E-state index in [-0.39, 0.29) is 12.0 Å². The van der Waals surface area contributed by atoms with Crippen LogP contribution in [0.1, 0.15) is 23.2 Å². The summed E-state index contributed by atoms with van der Waals surface area (Å²) in [5.74, 6) is 0.0233. The Kier molecular flexibility index (Phi) is 3.81. The van der Waals surface area contributed by atoms with Gasteiger partial charge < -0.3 is 10.0 Å². The lowest BCUT2D eigenvalue weighted by atomic mass is 10.1. The first-order valence-corrected chi connectivity index (χ1v) is 6.47. The fourth-order valence-corrected chi connectivity index (χ4v) is 2.27. The number of rotatable bonds is 1. The largest absolute Gasteiger partial charge is 0.391 e. The minimum absolute atomic E-state index is 0.0233. The SMILES string of the molecule is O=C(c1ccc(I)cc1)N1CCC[C@H](O)C1. The van der Waals surface area contributed by atoms with Crippen LogP contribution in [0.3, 0.4) is 0 Å². The highest BCUT2D eigenvalue weighted by atomic mass is 127. The van der Waals surface area contributed by atoms with Crippen molar-refractivity contribution in [2.45, 2.75) is 18.9 Å². The van der Waals surface area contributed by atoms with Crippen LogP contribution in [0.15, 0.2) is 24.3 Å². The highest BCUT2D eigenvalue weighted by Crippen LogP contribution is 2.14. The number of β-amino-alcohol motifs (C(OH)–C–C–N with tert-alkyl or cyclic N) is 1. The molecule has 1 amide bonds. The fraction of sp³-hybridized carbons (Fsp3) is 0.417. The molecule has 1 aromatic carbocycles. The van der Waals surface area contributed by atoms with Crippen LogP contribution < -0.4 is 0 Å². The van der Waals surface area contributed by atoms with Crippen molar-refractivity contribution in [2.24, 2.45) is 0 Å². The Morgan fingerprint density at radius 2 is 2.06 bits per heavy atom. The molecule has 1 aliphatic heterocycles. The molecule has 0 saturated carbocycles. The van der Waals surface area contributed by atoms with E-state index < -0.39 is 0 Å². The van der Waals surface area contributed by atoms with Gasteiger partial charge in [0.05, 0.1) is 6.10 Å². The van der Waals surface area contributed by atoms with Gasteiger partial charge in [0.2, 0.25) is 0 Å². The van der Waals surface area contributed by atoms with Crippen molar-refractivity contribution in [3.05, 3.63) is 33.4 Å². The summed E-state index contributed by atoms with van der Waals surface area (Å²) in [4.78, 5) is 13.8. The van der Waals surface area contributed by atoms with Crippen LogP contribution in [0.5, 0.6) is 0 Å². The first-order valence-electron chi connectivity index (χ1n) is 5.40. The summed E-state index contributed by atoms with van der Waals surface area (Å²) in [6.45, 7) is 1.21. The Morgan fingerprint density at radius 1 is 1.38 bits per heavy atom. The molecule has 1 atom stereocenters. The summed E-state index contributed by atoms with van der Waals surface area (Å²) in [6.07, 6.45) is 1.33. The summed E-state index contributed by atoms with van der Waals surface area (Å²) in [7, 11) is 0. The molecule has 1 saturated heterocycles. The van der Waals surface area contributed by atoms with Gasteiger partial charge in [0.25, 0.3) is 5.91 Å². The number of amides is 1. The van der Waals surface area contributed by atoms with Crippen LogP contribution in [0.4, 0.5) is 0 Å². The number of halogens is 1. The molecule has 0 aromatic heterocycles. The zero-order chi connectivity index (χ0) is 11.5. The molecule has 1 aliphatic rings. The Bertz CT molecular complexity index is 377. The third kappa shape index (κ3) is 2.74. The van der Waals surface area contributed by atoms with Crippen molar-refractivity contribution in [3.63, 3.8) is 0 Å². The monoisotopic (exact) mass is 331 g/mol. The topological polar surface area (TPSA) is 40.5 Å². The first-order chi connectivity index (χ1) is 7.66. The van der Waals surface area contributed by atoms with Crippen LogP contribution in [0.2, 0.25) is 0 Å². The second-order valence-corrected chi connectivity index (χ2v) is 5.30. The van der Waals surface area contributed by atoms with E-state index in [1.807, 2.05) is 24.3 Å². The van der Waals surface area contributed by atoms with E-state index >= 15 is 0 Å². The quantitative estimate of drug-likeness (QED) is 0.799. The summed E-state index contributed by atoms with van der Waals surface area (Å²) in [5.41, 5.74) is 0.703. The molecular weight excluding hydrogens is 317 g/mol. The smallest absolute Gasteiger partial charge is 0.253 e. The number of likely N-dealkylation sites (tertiary alicyclic amines) is 1. The lowest BCUT2D eigenvalue weighted by Crippen LogP contribution is -2.42. The number of carbonyl (C=O) groups excluding carboxylic acids is 1. The predicted molar refractivity (Wildman–Crippen MR) is 70.3 cm³/mol. The third-order valence-corrected chi connectivity index (χ3v) is 3.49. The molecule has 1 fully saturated rings. The van der Waals surface area contributed by atoms with Gasteiger partial charge in [-0.3, -0.25) is 4.79 Å². The number of nitrogens with zero attached hydrogens (tertiary/aromatic N) is 1. The summed E-state index contributed by atoms with van der Waals surface area (Å²) in [6, 6.07) is 7.53. The summed E-state index contributed by atoms with van der Waals surface area (Å²) in [5, 5.41) is 9.52. The van der Waals surface area contributed by atoms with Crippen molar-refractivity contribution in [2.75, 3.05) is 13.1 Å². The third-order valence-electron chi connectivity index (χ3n) is 2.77. The molecule has 0 unspecified atom stereocenters. The second-order valence-electron chi connectivity index (χ2n) is 4.05. The summed E-state index contributed by atoms with van der Waals surface area (Å²) < 4.78 is 1.12. The standard InChI is InChI=1S/C12H14INO2/c13-10-5-3-9(4-6-10)12(16)14-7-1-2-11(15)8-14/h3-6,11,15H,1-2,7-8H2/t11-/m0/s1. The number of aliphatic hydroxyl groups excluding tert-OH is 1. The van der Waals surface area contributed by atoms with E-state index in [0.29, 0.717) is 12.1 Å². The van der Waals surface area contributed by atoms with Crippen LogP contribution >= 0.6 is 22.6 Å². The molecule has 3 nitrogen and oxygen atoms in total. The maximum Gasteiger partial charge on any atom is 0.253 e. The van der Waals surface area contributed by atoms with Gasteiger partial charge in [-0.1, -0.05) is 0 Å². The van der Waals surface area contributed by atoms with Gasteiger partial charge in [0, 0.05) is 22.2 Å². The first kappa shape index (κ1) is 11.9. The van der Waals surface area contributed by atoms with Gasteiger partial charge in [-0.15, -0.1) is 0 Å². The highest BCUT2D eigenvalue weighted by Gasteiger charge is 2.22. The van der Waals surface area contributed by atoms with Crippen molar-refractivity contribution in [1.82, 2.24) is 4.90 Å².